The maximum atomic E-state index is 12.3. The van der Waals surface area contributed by atoms with Gasteiger partial charge in [0.15, 0.2) is 0 Å². The number of hydrogen-bond donors (Lipinski definition) is 2. The van der Waals surface area contributed by atoms with Gasteiger partial charge in [0, 0.05) is 6.42 Å². The van der Waals surface area contributed by atoms with Crippen LogP contribution in [0.15, 0.2) is 0 Å². The summed E-state index contributed by atoms with van der Waals surface area (Å²) in [6, 6.07) is -1.31. The van der Waals surface area contributed by atoms with Gasteiger partial charge < -0.3 is 15.4 Å². The van der Waals surface area contributed by atoms with Crippen LogP contribution in [-0.2, 0) is 19.1 Å². The van der Waals surface area contributed by atoms with Crippen LogP contribution >= 0.6 is 0 Å². The van der Waals surface area contributed by atoms with Crippen LogP contribution in [0, 0.1) is 5.92 Å². The molecule has 0 unspecified atom stereocenters. The van der Waals surface area contributed by atoms with Crippen LogP contribution in [-0.4, -0.2) is 43.2 Å². The minimum absolute atomic E-state index is 0.120. The van der Waals surface area contributed by atoms with Gasteiger partial charge in [0.1, 0.15) is 6.04 Å². The standard InChI is InChI=1S/C25H45F3N2O4/c1-4-5-6-7-8-9-10-11-12-13-14-15-18-29-19-16-17-21(31)30-22(20(2)3)23(32)34-24(33)25(26,27)28/h20,22,29H,4-19H2,1-3H3,(H,30,31)/t22-/m0/s1. The summed E-state index contributed by atoms with van der Waals surface area (Å²) in [5.74, 6) is -4.99. The summed E-state index contributed by atoms with van der Waals surface area (Å²) in [4.78, 5) is 34.7. The topological polar surface area (TPSA) is 84.5 Å². The van der Waals surface area contributed by atoms with E-state index in [0.29, 0.717) is 13.0 Å². The van der Waals surface area contributed by atoms with Crippen molar-refractivity contribution in [2.45, 2.75) is 123 Å². The fraction of sp³-hybridized carbons (Fsp3) is 0.880. The molecule has 2 N–H and O–H groups in total. The second kappa shape index (κ2) is 19.6. The summed E-state index contributed by atoms with van der Waals surface area (Å²) in [6.45, 7) is 6.83. The smallest absolute Gasteiger partial charge is 0.385 e. The number of alkyl halides is 3. The Kier molecular flexibility index (Phi) is 18.7. The van der Waals surface area contributed by atoms with Crippen LogP contribution < -0.4 is 10.6 Å². The number of nitrogens with one attached hydrogen (secondary N) is 2. The lowest BCUT2D eigenvalue weighted by atomic mass is 10.0. The second-order valence-corrected chi connectivity index (χ2v) is 9.24. The van der Waals surface area contributed by atoms with Gasteiger partial charge in [0.25, 0.3) is 0 Å². The molecule has 0 spiro atoms. The molecule has 0 aromatic heterocycles. The van der Waals surface area contributed by atoms with E-state index in [0.717, 1.165) is 13.0 Å². The first-order chi connectivity index (χ1) is 16.1. The van der Waals surface area contributed by atoms with E-state index in [1.54, 1.807) is 13.8 Å². The minimum atomic E-state index is -5.26. The van der Waals surface area contributed by atoms with E-state index >= 15 is 0 Å². The van der Waals surface area contributed by atoms with Gasteiger partial charge >= 0.3 is 18.1 Å². The average molecular weight is 495 g/mol. The zero-order valence-corrected chi connectivity index (χ0v) is 21.2. The number of hydrogen-bond acceptors (Lipinski definition) is 5. The van der Waals surface area contributed by atoms with Crippen LogP contribution in [0.25, 0.3) is 0 Å². The van der Waals surface area contributed by atoms with E-state index in [2.05, 4.69) is 22.3 Å². The van der Waals surface area contributed by atoms with Crippen molar-refractivity contribution in [2.24, 2.45) is 5.92 Å². The van der Waals surface area contributed by atoms with Gasteiger partial charge in [-0.1, -0.05) is 91.4 Å². The Bertz CT molecular complexity index is 569. The highest BCUT2D eigenvalue weighted by molar-refractivity contribution is 5.93. The van der Waals surface area contributed by atoms with Gasteiger partial charge in [-0.3, -0.25) is 4.79 Å². The molecular weight excluding hydrogens is 449 g/mol. The van der Waals surface area contributed by atoms with Crippen molar-refractivity contribution in [3.63, 3.8) is 0 Å². The van der Waals surface area contributed by atoms with E-state index in [-0.39, 0.29) is 6.42 Å². The molecule has 0 fully saturated rings. The average Bonchev–Trinajstić information content (AvgIpc) is 2.76. The maximum absolute atomic E-state index is 12.3. The quantitative estimate of drug-likeness (QED) is 0.126. The van der Waals surface area contributed by atoms with Crippen molar-refractivity contribution in [1.82, 2.24) is 10.6 Å². The Hall–Kier alpha value is -1.64. The number of amides is 1. The lowest BCUT2D eigenvalue weighted by Gasteiger charge is -2.20. The number of rotatable bonds is 20. The highest BCUT2D eigenvalue weighted by Gasteiger charge is 2.43. The molecule has 34 heavy (non-hydrogen) atoms. The molecular formula is C25H45F3N2O4. The molecule has 0 bridgehead atoms. The predicted molar refractivity (Wildman–Crippen MR) is 127 cm³/mol. The first-order valence-corrected chi connectivity index (χ1v) is 12.9. The third-order valence-corrected chi connectivity index (χ3v) is 5.63. The van der Waals surface area contributed by atoms with Gasteiger partial charge in [-0.15, -0.1) is 0 Å². The van der Waals surface area contributed by atoms with Gasteiger partial charge in [0.05, 0.1) is 0 Å². The number of halogens is 3. The fourth-order valence-electron chi connectivity index (χ4n) is 3.55. The van der Waals surface area contributed by atoms with E-state index < -0.39 is 36.0 Å². The Morgan fingerprint density at radius 3 is 1.71 bits per heavy atom. The summed E-state index contributed by atoms with van der Waals surface area (Å²) in [5.41, 5.74) is 0. The Morgan fingerprint density at radius 1 is 0.765 bits per heavy atom. The van der Waals surface area contributed by atoms with Crippen molar-refractivity contribution in [1.29, 1.82) is 0 Å². The molecule has 0 saturated carbocycles. The summed E-state index contributed by atoms with van der Waals surface area (Å²) in [5, 5.41) is 5.64. The molecule has 0 aromatic rings. The molecule has 0 rings (SSSR count). The zero-order valence-electron chi connectivity index (χ0n) is 21.2. The van der Waals surface area contributed by atoms with E-state index in [4.69, 9.17) is 0 Å². The van der Waals surface area contributed by atoms with Gasteiger partial charge in [-0.2, -0.15) is 13.2 Å². The Morgan fingerprint density at radius 2 is 1.24 bits per heavy atom. The summed E-state index contributed by atoms with van der Waals surface area (Å²) in [7, 11) is 0. The highest BCUT2D eigenvalue weighted by Crippen LogP contribution is 2.18. The first kappa shape index (κ1) is 32.4. The van der Waals surface area contributed by atoms with Crippen molar-refractivity contribution in [3.8, 4) is 0 Å². The minimum Gasteiger partial charge on any atom is -0.385 e. The third-order valence-electron chi connectivity index (χ3n) is 5.63. The molecule has 9 heteroatoms. The molecule has 0 heterocycles. The SMILES string of the molecule is CCCCCCCCCCCCCCNCCCC(=O)N[C@H](C(=O)OC(=O)C(F)(F)F)C(C)C. The summed E-state index contributed by atoms with van der Waals surface area (Å²) < 4.78 is 40.6. The number of carbonyl (C=O) groups is 3. The lowest BCUT2D eigenvalue weighted by molar-refractivity contribution is -0.202. The monoisotopic (exact) mass is 494 g/mol. The van der Waals surface area contributed by atoms with Crippen LogP contribution in [0.4, 0.5) is 13.2 Å². The molecule has 0 aliphatic carbocycles. The maximum Gasteiger partial charge on any atom is 0.491 e. The number of esters is 2. The van der Waals surface area contributed by atoms with Crippen LogP contribution in [0.1, 0.15) is 111 Å². The number of ether oxygens (including phenoxy) is 1. The number of carbonyl (C=O) groups excluding carboxylic acids is 3. The molecule has 0 saturated heterocycles. The molecule has 1 amide bonds. The first-order valence-electron chi connectivity index (χ1n) is 12.9. The molecule has 0 aromatic carbocycles. The van der Waals surface area contributed by atoms with Crippen LogP contribution in [0.3, 0.4) is 0 Å². The van der Waals surface area contributed by atoms with Crippen molar-refractivity contribution >= 4 is 17.8 Å². The van der Waals surface area contributed by atoms with Crippen molar-refractivity contribution < 1.29 is 32.3 Å². The second-order valence-electron chi connectivity index (χ2n) is 9.24. The fourth-order valence-corrected chi connectivity index (χ4v) is 3.55. The van der Waals surface area contributed by atoms with Gasteiger partial charge in [-0.25, -0.2) is 9.59 Å². The molecule has 1 atom stereocenters. The predicted octanol–water partition coefficient (Wildman–Crippen LogP) is 5.83. The molecule has 200 valence electrons. The molecule has 0 aliphatic heterocycles. The van der Waals surface area contributed by atoms with E-state index in [1.807, 2.05) is 0 Å². The van der Waals surface area contributed by atoms with Gasteiger partial charge in [-0.05, 0) is 31.8 Å². The van der Waals surface area contributed by atoms with Crippen LogP contribution in [0.5, 0.6) is 0 Å². The number of unbranched alkanes of at least 4 members (excludes halogenated alkanes) is 11. The molecule has 6 nitrogen and oxygen atoms in total. The van der Waals surface area contributed by atoms with E-state index in [9.17, 15) is 27.6 Å². The third kappa shape index (κ3) is 17.8. The Balaban J connectivity index is 3.75. The van der Waals surface area contributed by atoms with E-state index in [1.165, 1.54) is 70.6 Å². The van der Waals surface area contributed by atoms with Crippen molar-refractivity contribution in [2.75, 3.05) is 13.1 Å². The lowest BCUT2D eigenvalue weighted by Crippen LogP contribution is -2.47. The van der Waals surface area contributed by atoms with Crippen LogP contribution in [0.2, 0.25) is 0 Å². The van der Waals surface area contributed by atoms with Gasteiger partial charge in [0.2, 0.25) is 5.91 Å². The van der Waals surface area contributed by atoms with Crippen molar-refractivity contribution in [3.05, 3.63) is 0 Å². The Labute approximate surface area is 203 Å². The normalized spacial score (nSPS) is 12.6. The summed E-state index contributed by atoms with van der Waals surface area (Å²) in [6.07, 6.45) is 10.9. The largest absolute Gasteiger partial charge is 0.491 e. The molecule has 0 aliphatic rings. The highest BCUT2D eigenvalue weighted by atomic mass is 19.4. The zero-order chi connectivity index (χ0) is 25.8. The molecule has 0 radical (unpaired) electrons. The summed E-state index contributed by atoms with van der Waals surface area (Å²) >= 11 is 0.